The second-order valence-corrected chi connectivity index (χ2v) is 6.86. The summed E-state index contributed by atoms with van der Waals surface area (Å²) in [6.45, 7) is 0.120. The maximum absolute atomic E-state index is 13.8. The van der Waals surface area contributed by atoms with E-state index >= 15 is 0 Å². The summed E-state index contributed by atoms with van der Waals surface area (Å²) in [5, 5.41) is 0. The highest BCUT2D eigenvalue weighted by atomic mass is 79.9. The zero-order valence-corrected chi connectivity index (χ0v) is 13.3. The molecule has 0 saturated carbocycles. The molecule has 0 aliphatic rings. The van der Waals surface area contributed by atoms with Gasteiger partial charge in [-0.05, 0) is 40.2 Å². The Morgan fingerprint density at radius 2 is 2.10 bits per heavy atom. The summed E-state index contributed by atoms with van der Waals surface area (Å²) in [4.78, 5) is 3.61. The zero-order chi connectivity index (χ0) is 15.5. The van der Waals surface area contributed by atoms with E-state index in [0.717, 1.165) is 17.8 Å². The van der Waals surface area contributed by atoms with Gasteiger partial charge in [0.2, 0.25) is 10.0 Å². The van der Waals surface area contributed by atoms with Crippen molar-refractivity contribution in [1.82, 2.24) is 9.71 Å². The van der Waals surface area contributed by atoms with Crippen LogP contribution in [-0.4, -0.2) is 19.9 Å². The van der Waals surface area contributed by atoms with Crippen LogP contribution in [0.3, 0.4) is 0 Å². The molecule has 8 heteroatoms. The number of rotatable bonds is 5. The Bertz CT molecular complexity index is 739. The van der Waals surface area contributed by atoms with Crippen LogP contribution in [0, 0.1) is 5.82 Å². The molecule has 0 saturated heterocycles. The van der Waals surface area contributed by atoms with E-state index in [1.807, 2.05) is 6.07 Å². The molecule has 112 valence electrons. The summed E-state index contributed by atoms with van der Waals surface area (Å²) >= 11 is 3.04. The molecule has 1 heterocycles. The van der Waals surface area contributed by atoms with Gasteiger partial charge in [0.15, 0.2) is 0 Å². The molecular formula is C13H13BrFN3O2S. The molecule has 2 aromatic rings. The summed E-state index contributed by atoms with van der Waals surface area (Å²) in [6.07, 6.45) is 2.03. The van der Waals surface area contributed by atoms with Gasteiger partial charge in [0, 0.05) is 35.0 Å². The Labute approximate surface area is 130 Å². The molecule has 0 atom stereocenters. The first-order valence-electron chi connectivity index (χ1n) is 6.04. The molecule has 0 radical (unpaired) electrons. The van der Waals surface area contributed by atoms with Gasteiger partial charge in [-0.2, -0.15) is 0 Å². The second kappa shape index (κ2) is 6.50. The second-order valence-electron chi connectivity index (χ2n) is 4.27. The predicted octanol–water partition coefficient (Wildman–Crippen LogP) is 2.09. The van der Waals surface area contributed by atoms with Crippen LogP contribution in [0.25, 0.3) is 0 Å². The topological polar surface area (TPSA) is 85.1 Å². The predicted molar refractivity (Wildman–Crippen MR) is 81.6 cm³/mol. The first kappa shape index (κ1) is 15.9. The van der Waals surface area contributed by atoms with Gasteiger partial charge >= 0.3 is 0 Å². The van der Waals surface area contributed by atoms with Gasteiger partial charge in [-0.3, -0.25) is 4.98 Å². The van der Waals surface area contributed by atoms with Gasteiger partial charge in [-0.1, -0.05) is 6.07 Å². The van der Waals surface area contributed by atoms with Crippen molar-refractivity contribution in [3.63, 3.8) is 0 Å². The molecule has 0 unspecified atom stereocenters. The van der Waals surface area contributed by atoms with E-state index in [0.29, 0.717) is 10.9 Å². The third kappa shape index (κ3) is 3.99. The van der Waals surface area contributed by atoms with E-state index in [-0.39, 0.29) is 12.2 Å². The molecule has 0 aliphatic heterocycles. The van der Waals surface area contributed by atoms with Crippen LogP contribution in [0.1, 0.15) is 5.69 Å². The minimum absolute atomic E-state index is 0.120. The van der Waals surface area contributed by atoms with E-state index in [9.17, 15) is 12.8 Å². The lowest BCUT2D eigenvalue weighted by atomic mass is 10.3. The van der Waals surface area contributed by atoms with Crippen molar-refractivity contribution in [3.05, 3.63) is 52.5 Å². The standard InChI is InChI=1S/C13H13BrFN3O2S/c14-10-7-11(15)13(8-12(10)16)21(19,20)18-6-4-9-3-1-2-5-17-9/h1-3,5,7-8,18H,4,6,16H2. The van der Waals surface area contributed by atoms with E-state index < -0.39 is 20.7 Å². The van der Waals surface area contributed by atoms with Crippen LogP contribution < -0.4 is 10.5 Å². The van der Waals surface area contributed by atoms with Gasteiger partial charge in [-0.25, -0.2) is 17.5 Å². The number of nitrogen functional groups attached to an aromatic ring is 1. The largest absolute Gasteiger partial charge is 0.398 e. The van der Waals surface area contributed by atoms with Crippen LogP contribution in [0.5, 0.6) is 0 Å². The number of aromatic nitrogens is 1. The number of hydrogen-bond donors (Lipinski definition) is 2. The third-order valence-corrected chi connectivity index (χ3v) is 4.90. The smallest absolute Gasteiger partial charge is 0.243 e. The molecule has 0 fully saturated rings. The van der Waals surface area contributed by atoms with Crippen molar-refractivity contribution in [2.75, 3.05) is 12.3 Å². The Balaban J connectivity index is 2.10. The first-order chi connectivity index (χ1) is 9.90. The maximum atomic E-state index is 13.8. The van der Waals surface area contributed by atoms with Crippen LogP contribution in [-0.2, 0) is 16.4 Å². The number of nitrogens with two attached hydrogens (primary N) is 1. The SMILES string of the molecule is Nc1cc(S(=O)(=O)NCCc2ccccn2)c(F)cc1Br. The molecule has 1 aromatic heterocycles. The lowest BCUT2D eigenvalue weighted by molar-refractivity contribution is 0.557. The highest BCUT2D eigenvalue weighted by Crippen LogP contribution is 2.25. The summed E-state index contributed by atoms with van der Waals surface area (Å²) < 4.78 is 40.5. The molecule has 0 spiro atoms. The third-order valence-electron chi connectivity index (χ3n) is 2.74. The number of sulfonamides is 1. The Morgan fingerprint density at radius 1 is 1.33 bits per heavy atom. The number of halogens is 2. The molecule has 2 rings (SSSR count). The van der Waals surface area contributed by atoms with Crippen LogP contribution in [0.2, 0.25) is 0 Å². The highest BCUT2D eigenvalue weighted by molar-refractivity contribution is 9.10. The molecule has 0 aliphatic carbocycles. The molecule has 0 amide bonds. The van der Waals surface area contributed by atoms with E-state index in [2.05, 4.69) is 25.6 Å². The quantitative estimate of drug-likeness (QED) is 0.785. The van der Waals surface area contributed by atoms with Gasteiger partial charge in [0.1, 0.15) is 10.7 Å². The molecule has 0 bridgehead atoms. The van der Waals surface area contributed by atoms with Crippen molar-refractivity contribution < 1.29 is 12.8 Å². The monoisotopic (exact) mass is 373 g/mol. The Hall–Kier alpha value is -1.51. The molecule has 3 N–H and O–H groups in total. The number of pyridine rings is 1. The summed E-state index contributed by atoms with van der Waals surface area (Å²) in [5.41, 5.74) is 6.49. The average molecular weight is 374 g/mol. The van der Waals surface area contributed by atoms with E-state index in [4.69, 9.17) is 5.73 Å². The number of nitrogens with zero attached hydrogens (tertiary/aromatic N) is 1. The number of hydrogen-bond acceptors (Lipinski definition) is 4. The van der Waals surface area contributed by atoms with Crippen molar-refractivity contribution in [1.29, 1.82) is 0 Å². The van der Waals surface area contributed by atoms with Crippen molar-refractivity contribution in [2.24, 2.45) is 0 Å². The fourth-order valence-electron chi connectivity index (χ4n) is 1.69. The molecule has 5 nitrogen and oxygen atoms in total. The fraction of sp³-hybridized carbons (Fsp3) is 0.154. The summed E-state index contributed by atoms with van der Waals surface area (Å²) in [5.74, 6) is -0.860. The maximum Gasteiger partial charge on any atom is 0.243 e. The van der Waals surface area contributed by atoms with Gasteiger partial charge in [0.05, 0.1) is 0 Å². The average Bonchev–Trinajstić information content (AvgIpc) is 2.43. The van der Waals surface area contributed by atoms with Crippen LogP contribution in [0.15, 0.2) is 45.9 Å². The van der Waals surface area contributed by atoms with E-state index in [1.54, 1.807) is 18.3 Å². The molecule has 1 aromatic carbocycles. The zero-order valence-electron chi connectivity index (χ0n) is 10.9. The van der Waals surface area contributed by atoms with E-state index in [1.165, 1.54) is 0 Å². The summed E-state index contributed by atoms with van der Waals surface area (Å²) in [7, 11) is -3.95. The lowest BCUT2D eigenvalue weighted by Crippen LogP contribution is -2.27. The normalized spacial score (nSPS) is 11.5. The van der Waals surface area contributed by atoms with Gasteiger partial charge in [-0.15, -0.1) is 0 Å². The van der Waals surface area contributed by atoms with Crippen LogP contribution >= 0.6 is 15.9 Å². The highest BCUT2D eigenvalue weighted by Gasteiger charge is 2.20. The van der Waals surface area contributed by atoms with Crippen molar-refractivity contribution >= 4 is 31.6 Å². The number of benzene rings is 1. The van der Waals surface area contributed by atoms with Crippen molar-refractivity contribution in [3.8, 4) is 0 Å². The molecular weight excluding hydrogens is 361 g/mol. The lowest BCUT2D eigenvalue weighted by Gasteiger charge is -2.09. The summed E-state index contributed by atoms with van der Waals surface area (Å²) in [6, 6.07) is 7.48. The van der Waals surface area contributed by atoms with Crippen molar-refractivity contribution in [2.45, 2.75) is 11.3 Å². The van der Waals surface area contributed by atoms with Gasteiger partial charge < -0.3 is 5.73 Å². The minimum Gasteiger partial charge on any atom is -0.398 e. The fourth-order valence-corrected chi connectivity index (χ4v) is 3.13. The Kier molecular flexibility index (Phi) is 4.92. The first-order valence-corrected chi connectivity index (χ1v) is 8.32. The number of nitrogens with one attached hydrogen (secondary N) is 1. The van der Waals surface area contributed by atoms with Gasteiger partial charge in [0.25, 0.3) is 0 Å². The molecule has 21 heavy (non-hydrogen) atoms. The Morgan fingerprint density at radius 3 is 2.76 bits per heavy atom. The minimum atomic E-state index is -3.95. The number of anilines is 1. The van der Waals surface area contributed by atoms with Crippen LogP contribution in [0.4, 0.5) is 10.1 Å².